The van der Waals surface area contributed by atoms with Crippen LogP contribution in [0.15, 0.2) is 67.0 Å². The molecule has 0 radical (unpaired) electrons. The Labute approximate surface area is 178 Å². The van der Waals surface area contributed by atoms with Gasteiger partial charge in [-0.2, -0.15) is 15.0 Å². The van der Waals surface area contributed by atoms with Gasteiger partial charge in [-0.25, -0.2) is 4.79 Å². The van der Waals surface area contributed by atoms with Crippen molar-refractivity contribution >= 4 is 23.6 Å². The molecule has 0 atom stereocenters. The van der Waals surface area contributed by atoms with Gasteiger partial charge >= 0.3 is 5.97 Å². The van der Waals surface area contributed by atoms with E-state index in [9.17, 15) is 4.79 Å². The summed E-state index contributed by atoms with van der Waals surface area (Å²) in [6.45, 7) is -0.161. The number of aromatic amines is 1. The number of nitrogens with two attached hydrogens (primary N) is 1. The third-order valence-electron chi connectivity index (χ3n) is 4.44. The van der Waals surface area contributed by atoms with Crippen molar-refractivity contribution in [2.24, 2.45) is 0 Å². The minimum atomic E-state index is -0.502. The molecule has 0 unspecified atom stereocenters. The SMILES string of the molecule is COc1ccccc1Nc1nc(N)nc(COC(=O)c2c[nH]cc2-c2ccccc2)n1. The number of hydrogen-bond donors (Lipinski definition) is 3. The average molecular weight is 416 g/mol. The number of ether oxygens (including phenoxy) is 2. The van der Waals surface area contributed by atoms with Gasteiger partial charge in [0, 0.05) is 18.0 Å². The second-order valence-corrected chi connectivity index (χ2v) is 6.48. The molecule has 0 aliphatic heterocycles. The molecular weight excluding hydrogens is 396 g/mol. The topological polar surface area (TPSA) is 128 Å². The summed E-state index contributed by atoms with van der Waals surface area (Å²) >= 11 is 0. The van der Waals surface area contributed by atoms with Gasteiger partial charge in [-0.3, -0.25) is 0 Å². The lowest BCUT2D eigenvalue weighted by atomic mass is 10.1. The minimum Gasteiger partial charge on any atom is -0.495 e. The van der Waals surface area contributed by atoms with Crippen LogP contribution in [0.3, 0.4) is 0 Å². The van der Waals surface area contributed by atoms with Gasteiger partial charge in [0.25, 0.3) is 0 Å². The fourth-order valence-electron chi connectivity index (χ4n) is 3.02. The average Bonchev–Trinajstić information content (AvgIpc) is 3.28. The zero-order valence-electron chi connectivity index (χ0n) is 16.7. The summed E-state index contributed by atoms with van der Waals surface area (Å²) in [5, 5.41) is 3.04. The first-order chi connectivity index (χ1) is 15.1. The van der Waals surface area contributed by atoms with Gasteiger partial charge in [0.15, 0.2) is 12.4 Å². The normalized spacial score (nSPS) is 10.5. The molecule has 31 heavy (non-hydrogen) atoms. The van der Waals surface area contributed by atoms with Crippen LogP contribution in [0.4, 0.5) is 17.6 Å². The molecular formula is C22H20N6O3. The Hall–Kier alpha value is -4.40. The first-order valence-corrected chi connectivity index (χ1v) is 9.44. The highest BCUT2D eigenvalue weighted by Crippen LogP contribution is 2.26. The lowest BCUT2D eigenvalue weighted by molar-refractivity contribution is 0.0463. The number of methoxy groups -OCH3 is 1. The first kappa shape index (κ1) is 19.9. The summed E-state index contributed by atoms with van der Waals surface area (Å²) in [5.74, 6) is 0.559. The molecule has 0 spiro atoms. The number of carbonyl (C=O) groups is 1. The molecule has 156 valence electrons. The maximum atomic E-state index is 12.6. The van der Waals surface area contributed by atoms with E-state index in [0.717, 1.165) is 11.1 Å². The van der Waals surface area contributed by atoms with Crippen molar-refractivity contribution in [3.05, 3.63) is 78.4 Å². The van der Waals surface area contributed by atoms with Crippen LogP contribution in [0, 0.1) is 0 Å². The van der Waals surface area contributed by atoms with Crippen LogP contribution in [0.25, 0.3) is 11.1 Å². The summed E-state index contributed by atoms with van der Waals surface area (Å²) in [7, 11) is 1.57. The van der Waals surface area contributed by atoms with E-state index in [1.807, 2.05) is 48.5 Å². The number of esters is 1. The summed E-state index contributed by atoms with van der Waals surface area (Å²) in [6, 6.07) is 16.9. The third-order valence-corrected chi connectivity index (χ3v) is 4.44. The summed E-state index contributed by atoms with van der Waals surface area (Å²) < 4.78 is 10.7. The molecule has 2 heterocycles. The van der Waals surface area contributed by atoms with Gasteiger partial charge in [-0.05, 0) is 17.7 Å². The summed E-state index contributed by atoms with van der Waals surface area (Å²) in [6.07, 6.45) is 3.35. The van der Waals surface area contributed by atoms with Crippen molar-refractivity contribution in [3.8, 4) is 16.9 Å². The maximum absolute atomic E-state index is 12.6. The van der Waals surface area contributed by atoms with Crippen LogP contribution in [-0.4, -0.2) is 33.0 Å². The fraction of sp³-hybridized carbons (Fsp3) is 0.0909. The van der Waals surface area contributed by atoms with E-state index in [2.05, 4.69) is 25.3 Å². The molecule has 0 saturated carbocycles. The fourth-order valence-corrected chi connectivity index (χ4v) is 3.02. The Morgan fingerprint density at radius 2 is 1.81 bits per heavy atom. The van der Waals surface area contributed by atoms with Crippen molar-refractivity contribution < 1.29 is 14.3 Å². The predicted molar refractivity (Wildman–Crippen MR) is 116 cm³/mol. The Morgan fingerprint density at radius 1 is 1.03 bits per heavy atom. The van der Waals surface area contributed by atoms with Crippen LogP contribution in [0.1, 0.15) is 16.2 Å². The molecule has 4 rings (SSSR count). The number of hydrogen-bond acceptors (Lipinski definition) is 8. The van der Waals surface area contributed by atoms with Crippen LogP contribution in [0.2, 0.25) is 0 Å². The number of anilines is 3. The Morgan fingerprint density at radius 3 is 2.61 bits per heavy atom. The zero-order chi connectivity index (χ0) is 21.6. The number of benzene rings is 2. The Kier molecular flexibility index (Phi) is 5.75. The molecule has 4 aromatic rings. The standard InChI is InChI=1S/C22H20N6O3/c1-30-18-10-6-5-9-17(18)25-22-27-19(26-21(23)28-22)13-31-20(29)16-12-24-11-15(16)14-7-3-2-4-8-14/h2-12,24H,13H2,1H3,(H3,23,25,26,27,28). The van der Waals surface area contributed by atoms with E-state index >= 15 is 0 Å². The van der Waals surface area contributed by atoms with Crippen molar-refractivity contribution in [2.45, 2.75) is 6.61 Å². The van der Waals surface area contributed by atoms with Crippen LogP contribution >= 0.6 is 0 Å². The number of rotatable bonds is 7. The second-order valence-electron chi connectivity index (χ2n) is 6.48. The minimum absolute atomic E-state index is 0.00469. The van der Waals surface area contributed by atoms with Gasteiger partial charge in [0.2, 0.25) is 11.9 Å². The van der Waals surface area contributed by atoms with E-state index in [0.29, 0.717) is 17.0 Å². The highest BCUT2D eigenvalue weighted by molar-refractivity contribution is 5.97. The quantitative estimate of drug-likeness (QED) is 0.390. The first-order valence-electron chi connectivity index (χ1n) is 9.44. The van der Waals surface area contributed by atoms with E-state index in [4.69, 9.17) is 15.2 Å². The molecule has 0 bridgehead atoms. The number of nitrogens with one attached hydrogen (secondary N) is 2. The molecule has 0 amide bonds. The molecule has 0 aliphatic rings. The Balaban J connectivity index is 1.48. The lowest BCUT2D eigenvalue weighted by Gasteiger charge is -2.11. The number of aromatic nitrogens is 4. The van der Waals surface area contributed by atoms with E-state index in [1.54, 1.807) is 25.6 Å². The summed E-state index contributed by atoms with van der Waals surface area (Å²) in [4.78, 5) is 28.0. The molecule has 9 heteroatoms. The van der Waals surface area contributed by atoms with Gasteiger partial charge < -0.3 is 25.5 Å². The smallest absolute Gasteiger partial charge is 0.340 e. The van der Waals surface area contributed by atoms with Crippen molar-refractivity contribution in [2.75, 3.05) is 18.2 Å². The van der Waals surface area contributed by atoms with Crippen LogP contribution in [-0.2, 0) is 11.3 Å². The van der Waals surface area contributed by atoms with Crippen molar-refractivity contribution in [1.82, 2.24) is 19.9 Å². The number of nitrogen functional groups attached to an aromatic ring is 1. The van der Waals surface area contributed by atoms with Crippen molar-refractivity contribution in [3.63, 3.8) is 0 Å². The van der Waals surface area contributed by atoms with Crippen LogP contribution < -0.4 is 15.8 Å². The molecule has 2 aromatic heterocycles. The molecule has 0 saturated heterocycles. The molecule has 0 fully saturated rings. The molecule has 2 aromatic carbocycles. The van der Waals surface area contributed by atoms with Crippen LogP contribution in [0.5, 0.6) is 5.75 Å². The largest absolute Gasteiger partial charge is 0.495 e. The number of para-hydroxylation sites is 2. The number of H-pyrrole nitrogens is 1. The highest BCUT2D eigenvalue weighted by atomic mass is 16.5. The summed E-state index contributed by atoms with van der Waals surface area (Å²) in [5.41, 5.74) is 8.54. The van der Waals surface area contributed by atoms with Gasteiger partial charge in [-0.15, -0.1) is 0 Å². The van der Waals surface area contributed by atoms with Gasteiger partial charge in [0.1, 0.15) is 5.75 Å². The van der Waals surface area contributed by atoms with E-state index in [1.165, 1.54) is 0 Å². The van der Waals surface area contributed by atoms with E-state index in [-0.39, 0.29) is 24.3 Å². The number of carbonyl (C=O) groups excluding carboxylic acids is 1. The van der Waals surface area contributed by atoms with Gasteiger partial charge in [0.05, 0.1) is 18.4 Å². The molecule has 9 nitrogen and oxygen atoms in total. The highest BCUT2D eigenvalue weighted by Gasteiger charge is 2.16. The number of nitrogens with zero attached hydrogens (tertiary/aromatic N) is 3. The van der Waals surface area contributed by atoms with E-state index < -0.39 is 5.97 Å². The van der Waals surface area contributed by atoms with Gasteiger partial charge in [-0.1, -0.05) is 42.5 Å². The second kappa shape index (κ2) is 8.95. The maximum Gasteiger partial charge on any atom is 0.340 e. The Bertz CT molecular complexity index is 1190. The zero-order valence-corrected chi connectivity index (χ0v) is 16.7. The third kappa shape index (κ3) is 4.61. The van der Waals surface area contributed by atoms with Crippen molar-refractivity contribution in [1.29, 1.82) is 0 Å². The molecule has 0 aliphatic carbocycles. The monoisotopic (exact) mass is 416 g/mol. The lowest BCUT2D eigenvalue weighted by Crippen LogP contribution is -2.11. The predicted octanol–water partition coefficient (Wildman–Crippen LogP) is 3.56. The molecule has 4 N–H and O–H groups in total.